The average molecular weight is 172 g/mol. The van der Waals surface area contributed by atoms with Crippen molar-refractivity contribution in [3.05, 3.63) is 0 Å². The van der Waals surface area contributed by atoms with E-state index in [-0.39, 0.29) is 5.97 Å². The maximum atomic E-state index is 10.4. The van der Waals surface area contributed by atoms with Gasteiger partial charge in [-0.2, -0.15) is 0 Å². The van der Waals surface area contributed by atoms with E-state index in [0.717, 1.165) is 12.3 Å². The third-order valence-corrected chi connectivity index (χ3v) is 2.22. The molecule has 2 nitrogen and oxygen atoms in total. The normalized spacial score (nSPS) is 10.3. The van der Waals surface area contributed by atoms with Gasteiger partial charge in [0.25, 0.3) is 0 Å². The first kappa shape index (κ1) is 11.5. The smallest absolute Gasteiger partial charge is 0.302 e. The summed E-state index contributed by atoms with van der Waals surface area (Å²) >= 11 is 0. The molecular weight excluding hydrogens is 152 g/mol. The number of esters is 1. The van der Waals surface area contributed by atoms with E-state index < -0.39 is 0 Å². The van der Waals surface area contributed by atoms with Crippen LogP contribution < -0.4 is 0 Å². The lowest BCUT2D eigenvalue weighted by Crippen LogP contribution is -2.03. The summed E-state index contributed by atoms with van der Waals surface area (Å²) in [7, 11) is 0. The molecule has 0 rings (SSSR count). The molecule has 12 heavy (non-hydrogen) atoms. The number of rotatable bonds is 6. The van der Waals surface area contributed by atoms with Gasteiger partial charge in [-0.3, -0.25) is 4.79 Å². The lowest BCUT2D eigenvalue weighted by Gasteiger charge is -2.10. The minimum absolute atomic E-state index is 0.167. The van der Waals surface area contributed by atoms with Crippen LogP contribution in [0.2, 0.25) is 0 Å². The molecule has 0 saturated carbocycles. The van der Waals surface area contributed by atoms with E-state index in [9.17, 15) is 4.79 Å². The van der Waals surface area contributed by atoms with Crippen molar-refractivity contribution in [3.8, 4) is 0 Å². The van der Waals surface area contributed by atoms with Gasteiger partial charge in [-0.25, -0.2) is 0 Å². The van der Waals surface area contributed by atoms with Gasteiger partial charge >= 0.3 is 5.97 Å². The standard InChI is InChI=1S/C10H20O2/c1-4-10(5-2)7-6-8-12-9(3)11/h10H,4-8H2,1-3H3. The van der Waals surface area contributed by atoms with Crippen LogP contribution in [0.25, 0.3) is 0 Å². The Kier molecular flexibility index (Phi) is 6.82. The summed E-state index contributed by atoms with van der Waals surface area (Å²) in [6.45, 7) is 6.46. The van der Waals surface area contributed by atoms with Crippen molar-refractivity contribution in [3.63, 3.8) is 0 Å². The summed E-state index contributed by atoms with van der Waals surface area (Å²) in [5.74, 6) is 0.639. The quantitative estimate of drug-likeness (QED) is 0.455. The van der Waals surface area contributed by atoms with Gasteiger partial charge in [-0.05, 0) is 18.8 Å². The monoisotopic (exact) mass is 172 g/mol. The first-order valence-corrected chi connectivity index (χ1v) is 4.84. The first-order chi connectivity index (χ1) is 5.70. The van der Waals surface area contributed by atoms with Crippen LogP contribution in [-0.2, 0) is 9.53 Å². The highest BCUT2D eigenvalue weighted by atomic mass is 16.5. The zero-order valence-electron chi connectivity index (χ0n) is 8.43. The van der Waals surface area contributed by atoms with Crippen molar-refractivity contribution < 1.29 is 9.53 Å². The zero-order valence-corrected chi connectivity index (χ0v) is 8.43. The van der Waals surface area contributed by atoms with Crippen LogP contribution in [0.5, 0.6) is 0 Å². The van der Waals surface area contributed by atoms with Crippen LogP contribution >= 0.6 is 0 Å². The molecular formula is C10H20O2. The fraction of sp³-hybridized carbons (Fsp3) is 0.900. The third kappa shape index (κ3) is 6.20. The van der Waals surface area contributed by atoms with E-state index in [1.54, 1.807) is 0 Å². The van der Waals surface area contributed by atoms with Crippen molar-refractivity contribution in [2.24, 2.45) is 5.92 Å². The summed E-state index contributed by atoms with van der Waals surface area (Å²) in [5.41, 5.74) is 0. The van der Waals surface area contributed by atoms with Gasteiger partial charge in [0, 0.05) is 6.92 Å². The Morgan fingerprint density at radius 3 is 2.33 bits per heavy atom. The van der Waals surface area contributed by atoms with Crippen LogP contribution in [0.1, 0.15) is 46.5 Å². The topological polar surface area (TPSA) is 26.3 Å². The van der Waals surface area contributed by atoms with E-state index in [1.165, 1.54) is 26.2 Å². The number of carbonyl (C=O) groups is 1. The molecule has 0 atom stereocenters. The molecule has 0 spiro atoms. The molecule has 0 aromatic carbocycles. The fourth-order valence-corrected chi connectivity index (χ4v) is 1.28. The number of hydrogen-bond acceptors (Lipinski definition) is 2. The molecule has 0 N–H and O–H groups in total. The molecule has 0 fully saturated rings. The maximum absolute atomic E-state index is 10.4. The van der Waals surface area contributed by atoms with Gasteiger partial charge in [0.1, 0.15) is 0 Å². The molecule has 0 aliphatic carbocycles. The number of hydrogen-bond donors (Lipinski definition) is 0. The summed E-state index contributed by atoms with van der Waals surface area (Å²) in [6.07, 6.45) is 4.65. The molecule has 0 aliphatic heterocycles. The van der Waals surface area contributed by atoms with Gasteiger partial charge in [0.15, 0.2) is 0 Å². The first-order valence-electron chi connectivity index (χ1n) is 4.84. The Morgan fingerprint density at radius 1 is 1.33 bits per heavy atom. The molecule has 0 unspecified atom stereocenters. The van der Waals surface area contributed by atoms with Crippen molar-refractivity contribution in [2.45, 2.75) is 46.5 Å². The van der Waals surface area contributed by atoms with Crippen molar-refractivity contribution in [2.75, 3.05) is 6.61 Å². The van der Waals surface area contributed by atoms with Crippen LogP contribution in [-0.4, -0.2) is 12.6 Å². The fourth-order valence-electron chi connectivity index (χ4n) is 1.28. The molecule has 0 aromatic rings. The summed E-state index contributed by atoms with van der Waals surface area (Å²) in [5, 5.41) is 0. The lowest BCUT2D eigenvalue weighted by atomic mass is 9.98. The van der Waals surface area contributed by atoms with Crippen molar-refractivity contribution in [1.29, 1.82) is 0 Å². The second-order valence-corrected chi connectivity index (χ2v) is 3.16. The Balaban J connectivity index is 3.23. The SMILES string of the molecule is CCC(CC)CCCOC(C)=O. The molecule has 0 heterocycles. The Hall–Kier alpha value is -0.530. The van der Waals surface area contributed by atoms with Gasteiger partial charge in [0.2, 0.25) is 0 Å². The van der Waals surface area contributed by atoms with Crippen LogP contribution in [0.4, 0.5) is 0 Å². The molecule has 72 valence electrons. The van der Waals surface area contributed by atoms with Gasteiger partial charge < -0.3 is 4.74 Å². The molecule has 0 amide bonds. The molecule has 0 aromatic heterocycles. The highest BCUT2D eigenvalue weighted by Gasteiger charge is 2.02. The summed E-state index contributed by atoms with van der Waals surface area (Å²) < 4.78 is 4.84. The van der Waals surface area contributed by atoms with E-state index in [1.807, 2.05) is 0 Å². The Bertz CT molecular complexity index is 117. The number of carbonyl (C=O) groups excluding carboxylic acids is 1. The van der Waals surface area contributed by atoms with Gasteiger partial charge in [-0.15, -0.1) is 0 Å². The molecule has 0 aliphatic rings. The highest BCUT2D eigenvalue weighted by Crippen LogP contribution is 2.14. The van der Waals surface area contributed by atoms with Crippen LogP contribution in [0.15, 0.2) is 0 Å². The van der Waals surface area contributed by atoms with Crippen molar-refractivity contribution >= 4 is 5.97 Å². The highest BCUT2D eigenvalue weighted by molar-refractivity contribution is 5.65. The maximum Gasteiger partial charge on any atom is 0.302 e. The Labute approximate surface area is 75.3 Å². The summed E-state index contributed by atoms with van der Waals surface area (Å²) in [6, 6.07) is 0. The predicted molar refractivity (Wildman–Crippen MR) is 49.9 cm³/mol. The van der Waals surface area contributed by atoms with E-state index in [2.05, 4.69) is 13.8 Å². The molecule has 0 radical (unpaired) electrons. The third-order valence-electron chi connectivity index (χ3n) is 2.22. The minimum atomic E-state index is -0.167. The zero-order chi connectivity index (χ0) is 9.40. The second kappa shape index (κ2) is 7.14. The van der Waals surface area contributed by atoms with Crippen molar-refractivity contribution in [1.82, 2.24) is 0 Å². The van der Waals surface area contributed by atoms with Crippen LogP contribution in [0, 0.1) is 5.92 Å². The van der Waals surface area contributed by atoms with E-state index >= 15 is 0 Å². The Morgan fingerprint density at radius 2 is 1.92 bits per heavy atom. The van der Waals surface area contributed by atoms with E-state index in [0.29, 0.717) is 6.61 Å². The molecule has 0 bridgehead atoms. The summed E-state index contributed by atoms with van der Waals surface area (Å²) in [4.78, 5) is 10.4. The second-order valence-electron chi connectivity index (χ2n) is 3.16. The van der Waals surface area contributed by atoms with Crippen LogP contribution in [0.3, 0.4) is 0 Å². The number of ether oxygens (including phenoxy) is 1. The minimum Gasteiger partial charge on any atom is -0.466 e. The molecule has 0 saturated heterocycles. The largest absolute Gasteiger partial charge is 0.466 e. The lowest BCUT2D eigenvalue weighted by molar-refractivity contribution is -0.141. The molecule has 2 heteroatoms. The van der Waals surface area contributed by atoms with Gasteiger partial charge in [0.05, 0.1) is 6.61 Å². The van der Waals surface area contributed by atoms with Gasteiger partial charge in [-0.1, -0.05) is 26.7 Å². The average Bonchev–Trinajstić information content (AvgIpc) is 2.04. The van der Waals surface area contributed by atoms with E-state index in [4.69, 9.17) is 4.74 Å². The predicted octanol–water partition coefficient (Wildman–Crippen LogP) is 2.77.